The number of ether oxygens (including phenoxy) is 1. The van der Waals surface area contributed by atoms with Gasteiger partial charge in [0.1, 0.15) is 17.6 Å². The van der Waals surface area contributed by atoms with E-state index in [1.54, 1.807) is 7.11 Å². The Hall–Kier alpha value is -2.83. The number of aromatic nitrogens is 1. The molecule has 2 aliphatic rings. The Morgan fingerprint density at radius 3 is 2.61 bits per heavy atom. The summed E-state index contributed by atoms with van der Waals surface area (Å²) in [5.74, 6) is 1.70. The summed E-state index contributed by atoms with van der Waals surface area (Å²) < 4.78 is 10.7. The smallest absolute Gasteiger partial charge is 0.325 e. The van der Waals surface area contributed by atoms with Crippen molar-refractivity contribution in [3.63, 3.8) is 0 Å². The minimum absolute atomic E-state index is 0.114. The van der Waals surface area contributed by atoms with Crippen LogP contribution in [-0.4, -0.2) is 34.5 Å². The van der Waals surface area contributed by atoms with Crippen molar-refractivity contribution < 1.29 is 18.7 Å². The third kappa shape index (κ3) is 3.25. The number of carbonyl (C=O) groups is 2. The number of nitrogens with one attached hydrogen (secondary N) is 1. The Labute approximate surface area is 164 Å². The molecule has 1 N–H and O–H groups in total. The van der Waals surface area contributed by atoms with Gasteiger partial charge in [-0.1, -0.05) is 13.3 Å². The van der Waals surface area contributed by atoms with Gasteiger partial charge < -0.3 is 14.5 Å². The number of imide groups is 1. The molecule has 1 aromatic heterocycles. The third-order valence-corrected chi connectivity index (χ3v) is 5.99. The summed E-state index contributed by atoms with van der Waals surface area (Å²) in [6.07, 6.45) is 5.99. The predicted molar refractivity (Wildman–Crippen MR) is 103 cm³/mol. The second-order valence-corrected chi connectivity index (χ2v) is 7.63. The van der Waals surface area contributed by atoms with Crippen LogP contribution >= 0.6 is 0 Å². The van der Waals surface area contributed by atoms with Crippen molar-refractivity contribution in [3.05, 3.63) is 36.2 Å². The van der Waals surface area contributed by atoms with Crippen LogP contribution in [0.5, 0.6) is 5.75 Å². The second-order valence-electron chi connectivity index (χ2n) is 7.63. The van der Waals surface area contributed by atoms with Crippen LogP contribution in [0.4, 0.5) is 4.79 Å². The number of benzene rings is 1. The average Bonchev–Trinajstić information content (AvgIpc) is 3.28. The van der Waals surface area contributed by atoms with Crippen molar-refractivity contribution in [2.75, 3.05) is 7.11 Å². The van der Waals surface area contributed by atoms with E-state index in [9.17, 15) is 9.59 Å². The Morgan fingerprint density at radius 2 is 1.96 bits per heavy atom. The zero-order valence-electron chi connectivity index (χ0n) is 16.2. The van der Waals surface area contributed by atoms with Crippen molar-refractivity contribution in [1.82, 2.24) is 15.2 Å². The topological polar surface area (TPSA) is 84.7 Å². The molecule has 4 rings (SSSR count). The van der Waals surface area contributed by atoms with Gasteiger partial charge in [-0.2, -0.15) is 0 Å². The molecule has 2 heterocycles. The number of hydrogen-bond donors (Lipinski definition) is 1. The van der Waals surface area contributed by atoms with Crippen molar-refractivity contribution >= 4 is 11.9 Å². The maximum absolute atomic E-state index is 13.0. The van der Waals surface area contributed by atoms with Crippen molar-refractivity contribution in [1.29, 1.82) is 0 Å². The van der Waals surface area contributed by atoms with E-state index in [0.717, 1.165) is 30.6 Å². The predicted octanol–water partition coefficient (Wildman–Crippen LogP) is 3.74. The molecule has 2 fully saturated rings. The number of amides is 3. The highest BCUT2D eigenvalue weighted by atomic mass is 16.5. The van der Waals surface area contributed by atoms with E-state index in [0.29, 0.717) is 30.3 Å². The largest absolute Gasteiger partial charge is 0.497 e. The van der Waals surface area contributed by atoms with Crippen molar-refractivity contribution in [3.8, 4) is 17.2 Å². The Morgan fingerprint density at radius 1 is 1.25 bits per heavy atom. The first-order valence-corrected chi connectivity index (χ1v) is 9.77. The summed E-state index contributed by atoms with van der Waals surface area (Å²) in [5.41, 5.74) is 0.623. The highest BCUT2D eigenvalue weighted by Crippen LogP contribution is 2.38. The van der Waals surface area contributed by atoms with Crippen LogP contribution < -0.4 is 10.1 Å². The quantitative estimate of drug-likeness (QED) is 0.795. The summed E-state index contributed by atoms with van der Waals surface area (Å²) in [4.78, 5) is 31.2. The molecule has 0 atom stereocenters. The van der Waals surface area contributed by atoms with E-state index >= 15 is 0 Å². The molecule has 1 aliphatic heterocycles. The molecule has 7 nitrogen and oxygen atoms in total. The van der Waals surface area contributed by atoms with E-state index in [2.05, 4.69) is 17.2 Å². The minimum atomic E-state index is -0.731. The van der Waals surface area contributed by atoms with Crippen LogP contribution in [0.2, 0.25) is 0 Å². The Balaban J connectivity index is 1.46. The lowest BCUT2D eigenvalue weighted by Gasteiger charge is -2.34. The number of carbonyl (C=O) groups excluding carboxylic acids is 2. The molecule has 1 aromatic carbocycles. The highest BCUT2D eigenvalue weighted by molar-refractivity contribution is 6.07. The number of methoxy groups -OCH3 is 1. The molecule has 7 heteroatoms. The van der Waals surface area contributed by atoms with Gasteiger partial charge >= 0.3 is 6.03 Å². The lowest BCUT2D eigenvalue weighted by atomic mass is 9.75. The number of hydrogen-bond acceptors (Lipinski definition) is 5. The summed E-state index contributed by atoms with van der Waals surface area (Å²) in [6.45, 7) is 2.29. The molecule has 1 aliphatic carbocycles. The van der Waals surface area contributed by atoms with E-state index in [1.807, 2.05) is 24.3 Å². The molecular weight excluding hydrogens is 358 g/mol. The van der Waals surface area contributed by atoms with Gasteiger partial charge in [-0.25, -0.2) is 9.78 Å². The molecule has 1 saturated heterocycles. The first-order valence-electron chi connectivity index (χ1n) is 9.77. The fraction of sp³-hybridized carbons (Fsp3) is 0.476. The molecule has 148 valence electrons. The number of oxazole rings is 1. The third-order valence-electron chi connectivity index (χ3n) is 5.99. The number of rotatable bonds is 5. The molecule has 3 amide bonds. The van der Waals surface area contributed by atoms with Crippen molar-refractivity contribution in [2.45, 2.75) is 51.1 Å². The van der Waals surface area contributed by atoms with Crippen LogP contribution in [0.15, 0.2) is 34.9 Å². The first kappa shape index (κ1) is 18.5. The molecule has 1 saturated carbocycles. The minimum Gasteiger partial charge on any atom is -0.497 e. The number of nitrogens with zero attached hydrogens (tertiary/aromatic N) is 2. The van der Waals surface area contributed by atoms with E-state index in [-0.39, 0.29) is 18.5 Å². The summed E-state index contributed by atoms with van der Waals surface area (Å²) >= 11 is 0. The van der Waals surface area contributed by atoms with Crippen LogP contribution in [0.3, 0.4) is 0 Å². The lowest BCUT2D eigenvalue weighted by Crippen LogP contribution is -2.49. The lowest BCUT2D eigenvalue weighted by molar-refractivity contribution is -0.133. The van der Waals surface area contributed by atoms with E-state index < -0.39 is 5.54 Å². The SMILES string of the molecule is CCC1CCC2(CC1)NC(=O)N(Cc1coc(-c3ccc(OC)cc3)n1)C2=O. The Bertz CT molecular complexity index is 866. The van der Waals surface area contributed by atoms with Crippen LogP contribution in [0.1, 0.15) is 44.7 Å². The normalized spacial score (nSPS) is 24.6. The average molecular weight is 383 g/mol. The molecular formula is C21H25N3O4. The van der Waals surface area contributed by atoms with Gasteiger partial charge in [0.05, 0.1) is 19.3 Å². The maximum atomic E-state index is 13.0. The number of urea groups is 1. The van der Waals surface area contributed by atoms with Gasteiger partial charge in [0.2, 0.25) is 5.89 Å². The van der Waals surface area contributed by atoms with Crippen LogP contribution in [0.25, 0.3) is 11.5 Å². The summed E-state index contributed by atoms with van der Waals surface area (Å²) in [5, 5.41) is 2.95. The first-order chi connectivity index (χ1) is 13.5. The van der Waals surface area contributed by atoms with Crippen LogP contribution in [-0.2, 0) is 11.3 Å². The highest BCUT2D eigenvalue weighted by Gasteiger charge is 2.52. The molecule has 0 radical (unpaired) electrons. The molecule has 1 spiro atoms. The maximum Gasteiger partial charge on any atom is 0.325 e. The second kappa shape index (κ2) is 7.30. The fourth-order valence-electron chi connectivity index (χ4n) is 4.15. The van der Waals surface area contributed by atoms with E-state index in [4.69, 9.17) is 9.15 Å². The van der Waals surface area contributed by atoms with Crippen molar-refractivity contribution in [2.24, 2.45) is 5.92 Å². The van der Waals surface area contributed by atoms with Gasteiger partial charge in [0, 0.05) is 5.56 Å². The molecule has 0 bridgehead atoms. The van der Waals surface area contributed by atoms with Gasteiger partial charge in [-0.05, 0) is 55.9 Å². The summed E-state index contributed by atoms with van der Waals surface area (Å²) in [7, 11) is 1.61. The molecule has 0 unspecified atom stereocenters. The van der Waals surface area contributed by atoms with Gasteiger partial charge in [0.15, 0.2) is 0 Å². The molecule has 28 heavy (non-hydrogen) atoms. The summed E-state index contributed by atoms with van der Waals surface area (Å²) in [6, 6.07) is 7.01. The van der Waals surface area contributed by atoms with Gasteiger partial charge in [0.25, 0.3) is 5.91 Å². The standard InChI is InChI=1S/C21H25N3O4/c1-3-14-8-10-21(11-9-14)19(25)24(20(26)23-21)12-16-13-28-18(22-16)15-4-6-17(27-2)7-5-15/h4-7,13-14H,3,8-12H2,1-2H3,(H,23,26). The Kier molecular flexibility index (Phi) is 4.83. The monoisotopic (exact) mass is 383 g/mol. The zero-order valence-corrected chi connectivity index (χ0v) is 16.2. The van der Waals surface area contributed by atoms with Gasteiger partial charge in [-0.3, -0.25) is 9.69 Å². The van der Waals surface area contributed by atoms with Crippen LogP contribution in [0, 0.1) is 5.92 Å². The fourth-order valence-corrected chi connectivity index (χ4v) is 4.15. The van der Waals surface area contributed by atoms with E-state index in [1.165, 1.54) is 11.2 Å². The molecule has 2 aromatic rings. The van der Waals surface area contributed by atoms with Gasteiger partial charge in [-0.15, -0.1) is 0 Å². The zero-order chi connectivity index (χ0) is 19.7.